The Morgan fingerprint density at radius 3 is 1.90 bits per heavy atom. The molecule has 1 aliphatic heterocycles. The number of hydrogen-bond acceptors (Lipinski definition) is 4. The Morgan fingerprint density at radius 2 is 1.35 bits per heavy atom. The Hall–Kier alpha value is -2.92. The molecule has 166 valence electrons. The monoisotopic (exact) mass is 455 g/mol. The van der Waals surface area contributed by atoms with Gasteiger partial charge in [0.15, 0.2) is 0 Å². The van der Waals surface area contributed by atoms with Gasteiger partial charge in [0.2, 0.25) is 10.0 Å². The molecule has 1 aliphatic rings. The van der Waals surface area contributed by atoms with Gasteiger partial charge in [-0.25, -0.2) is 13.1 Å². The number of alkyl halides is 3. The van der Waals surface area contributed by atoms with E-state index in [4.69, 9.17) is 0 Å². The van der Waals surface area contributed by atoms with E-state index in [1.807, 2.05) is 0 Å². The average molecular weight is 455 g/mol. The van der Waals surface area contributed by atoms with Crippen LogP contribution in [0, 0.1) is 0 Å². The number of halogens is 3. The van der Waals surface area contributed by atoms with Gasteiger partial charge in [0.1, 0.15) is 6.54 Å². The van der Waals surface area contributed by atoms with Gasteiger partial charge in [0, 0.05) is 37.3 Å². The van der Waals surface area contributed by atoms with Gasteiger partial charge in [-0.1, -0.05) is 24.3 Å². The van der Waals surface area contributed by atoms with Crippen LogP contribution in [0.5, 0.6) is 0 Å². The topological polar surface area (TPSA) is 86.8 Å². The third kappa shape index (κ3) is 5.82. The molecule has 0 saturated carbocycles. The number of sulfonamides is 1. The lowest BCUT2D eigenvalue weighted by molar-refractivity contribution is -0.121. The molecule has 0 radical (unpaired) electrons. The zero-order chi connectivity index (χ0) is 22.6. The van der Waals surface area contributed by atoms with E-state index >= 15 is 0 Å². The van der Waals surface area contributed by atoms with Crippen molar-refractivity contribution in [1.82, 2.24) is 14.5 Å². The molecule has 11 heteroatoms. The summed E-state index contributed by atoms with van der Waals surface area (Å²) in [6, 6.07) is 13.6. The van der Waals surface area contributed by atoms with Gasteiger partial charge in [0.25, 0.3) is 11.8 Å². The van der Waals surface area contributed by atoms with Gasteiger partial charge in [-0.3, -0.25) is 9.59 Å². The minimum Gasteiger partial charge on any atom is -0.335 e. The van der Waals surface area contributed by atoms with Crippen LogP contribution < -0.4 is 4.72 Å². The van der Waals surface area contributed by atoms with Crippen molar-refractivity contribution in [3.05, 3.63) is 65.7 Å². The highest BCUT2D eigenvalue weighted by Gasteiger charge is 2.31. The number of carbonyl (C=O) groups excluding carboxylic acids is 2. The highest BCUT2D eigenvalue weighted by atomic mass is 32.2. The maximum absolute atomic E-state index is 12.8. The second-order valence-corrected chi connectivity index (χ2v) is 8.68. The van der Waals surface area contributed by atoms with Crippen LogP contribution in [0.15, 0.2) is 59.5 Å². The van der Waals surface area contributed by atoms with Crippen molar-refractivity contribution in [1.29, 1.82) is 0 Å². The molecule has 2 amide bonds. The molecule has 1 N–H and O–H groups in total. The van der Waals surface area contributed by atoms with E-state index in [9.17, 15) is 31.2 Å². The second kappa shape index (κ2) is 9.06. The molecule has 2 aromatic rings. The van der Waals surface area contributed by atoms with Gasteiger partial charge < -0.3 is 9.80 Å². The third-order valence-corrected chi connectivity index (χ3v) is 6.13. The molecular formula is C20H20F3N3O4S. The van der Waals surface area contributed by atoms with Crippen LogP contribution in [0.3, 0.4) is 0 Å². The number of nitrogens with one attached hydrogen (secondary N) is 1. The highest BCUT2D eigenvalue weighted by Crippen LogP contribution is 2.18. The van der Waals surface area contributed by atoms with Crippen LogP contribution >= 0.6 is 0 Å². The molecule has 0 unspecified atom stereocenters. The van der Waals surface area contributed by atoms with Gasteiger partial charge in [0.05, 0.1) is 4.90 Å². The zero-order valence-electron chi connectivity index (χ0n) is 16.3. The number of hydrogen-bond donors (Lipinski definition) is 1. The minimum atomic E-state index is -4.70. The molecule has 0 spiro atoms. The first-order chi connectivity index (χ1) is 14.6. The van der Waals surface area contributed by atoms with Crippen LogP contribution in [0.2, 0.25) is 0 Å². The quantitative estimate of drug-likeness (QED) is 0.749. The van der Waals surface area contributed by atoms with Crippen LogP contribution in [0.25, 0.3) is 0 Å². The molecule has 0 bridgehead atoms. The van der Waals surface area contributed by atoms with E-state index in [0.717, 1.165) is 12.1 Å². The van der Waals surface area contributed by atoms with Crippen molar-refractivity contribution in [2.45, 2.75) is 11.1 Å². The molecular weight excluding hydrogens is 435 g/mol. The molecule has 1 fully saturated rings. The molecule has 0 aromatic heterocycles. The van der Waals surface area contributed by atoms with E-state index in [1.54, 1.807) is 35.2 Å². The second-order valence-electron chi connectivity index (χ2n) is 6.92. The first-order valence-corrected chi connectivity index (χ1v) is 10.9. The number of piperazine rings is 1. The van der Waals surface area contributed by atoms with Crippen molar-refractivity contribution >= 4 is 21.8 Å². The Kier molecular flexibility index (Phi) is 6.65. The largest absolute Gasteiger partial charge is 0.402 e. The van der Waals surface area contributed by atoms with Crippen LogP contribution in [0.4, 0.5) is 13.2 Å². The predicted molar refractivity (Wildman–Crippen MR) is 106 cm³/mol. The van der Waals surface area contributed by atoms with Crippen LogP contribution in [-0.4, -0.2) is 68.9 Å². The summed E-state index contributed by atoms with van der Waals surface area (Å²) >= 11 is 0. The normalized spacial score (nSPS) is 15.1. The number of amides is 2. The van der Waals surface area contributed by atoms with Crippen molar-refractivity contribution in [3.63, 3.8) is 0 Å². The first kappa shape index (κ1) is 22.8. The summed E-state index contributed by atoms with van der Waals surface area (Å²) in [5, 5.41) is 0. The van der Waals surface area contributed by atoms with E-state index in [0.29, 0.717) is 18.7 Å². The standard InChI is InChI=1S/C20H20F3N3O4S/c21-20(22,23)14-24-31(29,30)17-8-4-7-16(13-17)19(28)26-11-9-25(10-12-26)18(27)15-5-2-1-3-6-15/h1-8,13,24H,9-12,14H2. The fraction of sp³-hybridized carbons (Fsp3) is 0.300. The van der Waals surface area contributed by atoms with E-state index in [1.165, 1.54) is 21.8 Å². The highest BCUT2D eigenvalue weighted by molar-refractivity contribution is 7.89. The molecule has 31 heavy (non-hydrogen) atoms. The lowest BCUT2D eigenvalue weighted by atomic mass is 10.1. The molecule has 3 rings (SSSR count). The summed E-state index contributed by atoms with van der Waals surface area (Å²) in [6.07, 6.45) is -4.70. The Labute approximate surface area is 177 Å². The fourth-order valence-electron chi connectivity index (χ4n) is 3.11. The summed E-state index contributed by atoms with van der Waals surface area (Å²) in [7, 11) is -4.42. The summed E-state index contributed by atoms with van der Waals surface area (Å²) in [5.74, 6) is -0.601. The minimum absolute atomic E-state index is 0.0396. The maximum Gasteiger partial charge on any atom is 0.402 e. The van der Waals surface area contributed by atoms with Crippen molar-refractivity contribution in [2.24, 2.45) is 0 Å². The fourth-order valence-corrected chi connectivity index (χ4v) is 4.18. The molecule has 0 atom stereocenters. The van der Waals surface area contributed by atoms with Crippen molar-refractivity contribution in [2.75, 3.05) is 32.7 Å². The zero-order valence-corrected chi connectivity index (χ0v) is 17.1. The maximum atomic E-state index is 12.8. The number of carbonyl (C=O) groups is 2. The summed E-state index contributed by atoms with van der Waals surface area (Å²) < 4.78 is 62.7. The number of nitrogens with zero attached hydrogens (tertiary/aromatic N) is 2. The average Bonchev–Trinajstić information content (AvgIpc) is 2.77. The van der Waals surface area contributed by atoms with Crippen LogP contribution in [-0.2, 0) is 10.0 Å². The van der Waals surface area contributed by atoms with Crippen molar-refractivity contribution < 1.29 is 31.2 Å². The smallest absolute Gasteiger partial charge is 0.335 e. The summed E-state index contributed by atoms with van der Waals surface area (Å²) in [5.41, 5.74) is 0.587. The SMILES string of the molecule is O=C(c1ccccc1)N1CCN(C(=O)c2cccc(S(=O)(=O)NCC(F)(F)F)c2)CC1. The van der Waals surface area contributed by atoms with Gasteiger partial charge in [-0.15, -0.1) is 0 Å². The van der Waals surface area contributed by atoms with Gasteiger partial charge >= 0.3 is 6.18 Å². The third-order valence-electron chi connectivity index (χ3n) is 4.73. The molecule has 7 nitrogen and oxygen atoms in total. The summed E-state index contributed by atoms with van der Waals surface area (Å²) in [6.45, 7) is -0.582. The number of benzene rings is 2. The lowest BCUT2D eigenvalue weighted by Crippen LogP contribution is -2.50. The first-order valence-electron chi connectivity index (χ1n) is 9.37. The summed E-state index contributed by atoms with van der Waals surface area (Å²) in [4.78, 5) is 27.9. The van der Waals surface area contributed by atoms with E-state index in [-0.39, 0.29) is 24.6 Å². The molecule has 1 heterocycles. The van der Waals surface area contributed by atoms with Crippen LogP contribution in [0.1, 0.15) is 20.7 Å². The van der Waals surface area contributed by atoms with E-state index in [2.05, 4.69) is 0 Å². The number of rotatable bonds is 5. The van der Waals surface area contributed by atoms with Gasteiger partial charge in [-0.05, 0) is 30.3 Å². The molecule has 2 aromatic carbocycles. The predicted octanol–water partition coefficient (Wildman–Crippen LogP) is 2.13. The Balaban J connectivity index is 1.65. The molecule has 1 saturated heterocycles. The van der Waals surface area contributed by atoms with Crippen molar-refractivity contribution in [3.8, 4) is 0 Å². The van der Waals surface area contributed by atoms with E-state index < -0.39 is 33.5 Å². The molecule has 0 aliphatic carbocycles. The Morgan fingerprint density at radius 1 is 0.839 bits per heavy atom. The Bertz CT molecular complexity index is 1050. The van der Waals surface area contributed by atoms with Gasteiger partial charge in [-0.2, -0.15) is 13.2 Å². The lowest BCUT2D eigenvalue weighted by Gasteiger charge is -2.35.